The molecule has 2 N–H and O–H groups in total. The average molecular weight is 273 g/mol. The summed E-state index contributed by atoms with van der Waals surface area (Å²) < 4.78 is 7.79. The van der Waals surface area contributed by atoms with Gasteiger partial charge in [0.05, 0.1) is 17.3 Å². The van der Waals surface area contributed by atoms with E-state index in [1.165, 1.54) is 18.2 Å². The quantitative estimate of drug-likeness (QED) is 0.878. The van der Waals surface area contributed by atoms with E-state index < -0.39 is 0 Å². The van der Waals surface area contributed by atoms with Gasteiger partial charge in [0.15, 0.2) is 0 Å². The molecule has 4 nitrogen and oxygen atoms in total. The van der Waals surface area contributed by atoms with Crippen molar-refractivity contribution in [1.82, 2.24) is 9.78 Å². The number of aryl methyl sites for hydroxylation is 1. The predicted molar refractivity (Wildman–Crippen MR) is 80.5 cm³/mol. The van der Waals surface area contributed by atoms with Crippen LogP contribution < -0.4 is 5.73 Å². The molecule has 0 saturated heterocycles. The number of rotatable bonds is 6. The Bertz CT molecular complexity index is 588. The Labute approximate surface area is 119 Å². The van der Waals surface area contributed by atoms with E-state index in [0.29, 0.717) is 5.92 Å². The van der Waals surface area contributed by atoms with Gasteiger partial charge in [0.25, 0.3) is 0 Å². The second-order valence-corrected chi connectivity index (χ2v) is 5.71. The summed E-state index contributed by atoms with van der Waals surface area (Å²) in [6.45, 7) is 2.77. The lowest BCUT2D eigenvalue weighted by molar-refractivity contribution is 0.0286. The Morgan fingerprint density at radius 1 is 1.40 bits per heavy atom. The molecule has 1 aliphatic rings. The predicted octanol–water partition coefficient (Wildman–Crippen LogP) is 2.26. The lowest BCUT2D eigenvalue weighted by atomic mass is 10.0. The molecule has 108 valence electrons. The summed E-state index contributed by atoms with van der Waals surface area (Å²) in [6, 6.07) is 8.34. The van der Waals surface area contributed by atoms with Crippen LogP contribution in [0.25, 0.3) is 10.9 Å². The summed E-state index contributed by atoms with van der Waals surface area (Å²) >= 11 is 0. The molecule has 1 aliphatic carbocycles. The molecule has 20 heavy (non-hydrogen) atoms. The highest BCUT2D eigenvalue weighted by molar-refractivity contribution is 5.81. The fraction of sp³-hybridized carbons (Fsp3) is 0.562. The van der Waals surface area contributed by atoms with Crippen molar-refractivity contribution in [3.05, 3.63) is 30.0 Å². The molecule has 4 heteroatoms. The van der Waals surface area contributed by atoms with E-state index in [2.05, 4.69) is 23.3 Å². The second kappa shape index (κ2) is 5.54. The van der Waals surface area contributed by atoms with Gasteiger partial charge in [-0.05, 0) is 31.7 Å². The second-order valence-electron chi connectivity index (χ2n) is 5.71. The van der Waals surface area contributed by atoms with Gasteiger partial charge in [0.1, 0.15) is 0 Å². The van der Waals surface area contributed by atoms with Crippen LogP contribution in [0.3, 0.4) is 0 Å². The zero-order valence-electron chi connectivity index (χ0n) is 12.2. The Morgan fingerprint density at radius 2 is 2.15 bits per heavy atom. The lowest BCUT2D eigenvalue weighted by Crippen LogP contribution is -2.40. The van der Waals surface area contributed by atoms with Crippen molar-refractivity contribution in [2.24, 2.45) is 18.7 Å². The third-order valence-corrected chi connectivity index (χ3v) is 4.13. The number of ether oxygens (including phenoxy) is 1. The van der Waals surface area contributed by atoms with Crippen molar-refractivity contribution in [2.45, 2.75) is 38.3 Å². The number of fused-ring (bicyclic) bond motifs is 1. The molecule has 0 amide bonds. The highest BCUT2D eigenvalue weighted by atomic mass is 16.5. The average Bonchev–Trinajstić information content (AvgIpc) is 3.23. The molecule has 0 spiro atoms. The molecule has 1 aromatic heterocycles. The SMILES string of the molecule is CCOC(C(N)Cc1nn(C)c2ccccc12)C1CC1. The van der Waals surface area contributed by atoms with E-state index in [1.807, 2.05) is 24.7 Å². The fourth-order valence-corrected chi connectivity index (χ4v) is 3.01. The maximum absolute atomic E-state index is 6.40. The van der Waals surface area contributed by atoms with Crippen LogP contribution in [0.4, 0.5) is 0 Å². The van der Waals surface area contributed by atoms with Gasteiger partial charge in [0.2, 0.25) is 0 Å². The summed E-state index contributed by atoms with van der Waals surface area (Å²) in [6.07, 6.45) is 3.46. The molecule has 3 rings (SSSR count). The first-order chi connectivity index (χ1) is 9.70. The van der Waals surface area contributed by atoms with Gasteiger partial charge >= 0.3 is 0 Å². The molecule has 2 aromatic rings. The van der Waals surface area contributed by atoms with Crippen molar-refractivity contribution in [3.8, 4) is 0 Å². The zero-order chi connectivity index (χ0) is 14.1. The first kappa shape index (κ1) is 13.6. The van der Waals surface area contributed by atoms with Crippen LogP contribution >= 0.6 is 0 Å². The molecular weight excluding hydrogens is 250 g/mol. The summed E-state index contributed by atoms with van der Waals surface area (Å²) in [5.41, 5.74) is 8.65. The number of para-hydroxylation sites is 1. The normalized spacial score (nSPS) is 18.4. The lowest BCUT2D eigenvalue weighted by Gasteiger charge is -2.23. The largest absolute Gasteiger partial charge is 0.377 e. The minimum absolute atomic E-state index is 0.0285. The van der Waals surface area contributed by atoms with E-state index in [-0.39, 0.29) is 12.1 Å². The molecule has 0 aliphatic heterocycles. The number of aromatic nitrogens is 2. The van der Waals surface area contributed by atoms with Crippen LogP contribution in [0.1, 0.15) is 25.5 Å². The van der Waals surface area contributed by atoms with Gasteiger partial charge in [-0.1, -0.05) is 18.2 Å². The number of benzene rings is 1. The van der Waals surface area contributed by atoms with Gasteiger partial charge in [-0.25, -0.2) is 0 Å². The Hall–Kier alpha value is -1.39. The molecule has 2 atom stereocenters. The Kier molecular flexibility index (Phi) is 3.76. The summed E-state index contributed by atoms with van der Waals surface area (Å²) in [5.74, 6) is 0.653. The van der Waals surface area contributed by atoms with Crippen LogP contribution in [-0.4, -0.2) is 28.5 Å². The first-order valence-electron chi connectivity index (χ1n) is 7.48. The van der Waals surface area contributed by atoms with Gasteiger partial charge < -0.3 is 10.5 Å². The third-order valence-electron chi connectivity index (χ3n) is 4.13. The van der Waals surface area contributed by atoms with Gasteiger partial charge in [-0.3, -0.25) is 4.68 Å². The smallest absolute Gasteiger partial charge is 0.0757 e. The van der Waals surface area contributed by atoms with Crippen molar-refractivity contribution in [2.75, 3.05) is 6.61 Å². The molecule has 0 bridgehead atoms. The van der Waals surface area contributed by atoms with Crippen LogP contribution in [0.5, 0.6) is 0 Å². The highest BCUT2D eigenvalue weighted by Crippen LogP contribution is 2.36. The van der Waals surface area contributed by atoms with Gasteiger partial charge in [-0.15, -0.1) is 0 Å². The van der Waals surface area contributed by atoms with Crippen LogP contribution in [0, 0.1) is 5.92 Å². The minimum atomic E-state index is 0.0285. The van der Waals surface area contributed by atoms with Gasteiger partial charge in [-0.2, -0.15) is 5.10 Å². The number of nitrogens with zero attached hydrogens (tertiary/aromatic N) is 2. The zero-order valence-corrected chi connectivity index (χ0v) is 12.2. The molecular formula is C16H23N3O. The topological polar surface area (TPSA) is 53.1 Å². The van der Waals surface area contributed by atoms with E-state index in [0.717, 1.165) is 24.2 Å². The minimum Gasteiger partial charge on any atom is -0.377 e. The highest BCUT2D eigenvalue weighted by Gasteiger charge is 2.36. The summed E-state index contributed by atoms with van der Waals surface area (Å²) in [7, 11) is 1.98. The van der Waals surface area contributed by atoms with E-state index in [1.54, 1.807) is 0 Å². The van der Waals surface area contributed by atoms with Crippen molar-refractivity contribution < 1.29 is 4.74 Å². The maximum Gasteiger partial charge on any atom is 0.0757 e. The van der Waals surface area contributed by atoms with Crippen molar-refractivity contribution >= 4 is 10.9 Å². The Morgan fingerprint density at radius 3 is 2.85 bits per heavy atom. The van der Waals surface area contributed by atoms with Crippen LogP contribution in [0.15, 0.2) is 24.3 Å². The molecule has 2 unspecified atom stereocenters. The van der Waals surface area contributed by atoms with Crippen molar-refractivity contribution in [1.29, 1.82) is 0 Å². The number of nitrogens with two attached hydrogens (primary N) is 1. The van der Waals surface area contributed by atoms with Crippen LogP contribution in [-0.2, 0) is 18.2 Å². The van der Waals surface area contributed by atoms with Crippen LogP contribution in [0.2, 0.25) is 0 Å². The third kappa shape index (κ3) is 2.58. The molecule has 1 aromatic carbocycles. The molecule has 1 saturated carbocycles. The molecule has 1 fully saturated rings. The number of hydrogen-bond acceptors (Lipinski definition) is 3. The van der Waals surface area contributed by atoms with E-state index >= 15 is 0 Å². The fourth-order valence-electron chi connectivity index (χ4n) is 3.01. The number of hydrogen-bond donors (Lipinski definition) is 1. The monoisotopic (exact) mass is 273 g/mol. The maximum atomic E-state index is 6.40. The molecule has 1 heterocycles. The Balaban J connectivity index is 1.81. The van der Waals surface area contributed by atoms with E-state index in [9.17, 15) is 0 Å². The summed E-state index contributed by atoms with van der Waals surface area (Å²) in [4.78, 5) is 0. The first-order valence-corrected chi connectivity index (χ1v) is 7.48. The molecule has 0 radical (unpaired) electrons. The van der Waals surface area contributed by atoms with Crippen molar-refractivity contribution in [3.63, 3.8) is 0 Å². The standard InChI is InChI=1S/C16H23N3O/c1-3-20-16(11-8-9-11)13(17)10-14-12-6-4-5-7-15(12)19(2)18-14/h4-7,11,13,16H,3,8-10,17H2,1-2H3. The summed E-state index contributed by atoms with van der Waals surface area (Å²) in [5, 5.41) is 5.84. The van der Waals surface area contributed by atoms with Gasteiger partial charge in [0, 0.05) is 31.5 Å². The van der Waals surface area contributed by atoms with E-state index in [4.69, 9.17) is 10.5 Å².